The number of carbonyl (C=O) groups is 1. The molecule has 1 N–H and O–H groups in total. The predicted octanol–water partition coefficient (Wildman–Crippen LogP) is 8.85. The fourth-order valence-corrected chi connectivity index (χ4v) is 6.42. The van der Waals surface area contributed by atoms with Gasteiger partial charge < -0.3 is 5.11 Å². The molecule has 0 aromatic carbocycles. The van der Waals surface area contributed by atoms with Crippen LogP contribution in [0.2, 0.25) is 0 Å². The Kier molecular flexibility index (Phi) is 13.6. The van der Waals surface area contributed by atoms with Crippen LogP contribution in [0.4, 0.5) is 0 Å². The molecule has 0 amide bonds. The number of aliphatic hydroxyl groups is 1. The van der Waals surface area contributed by atoms with Crippen molar-refractivity contribution >= 4 is 5.78 Å². The number of hydrogen-bond donors (Lipinski definition) is 1. The highest BCUT2D eigenvalue weighted by Gasteiger charge is 2.51. The van der Waals surface area contributed by atoms with Crippen molar-refractivity contribution in [3.63, 3.8) is 0 Å². The van der Waals surface area contributed by atoms with Crippen LogP contribution in [0.5, 0.6) is 0 Å². The summed E-state index contributed by atoms with van der Waals surface area (Å²) in [5.74, 6) is 2.91. The SMILES string of the molecule is C/C(=C\CC/C(C)=C/CC/C(C)=C/CC[C@H]1[C@@H](C)CCC2C(C)C(=O)CC[C@@]21C)CO.CC. The molecule has 0 aromatic rings. The molecule has 2 saturated carbocycles. The molecule has 2 nitrogen and oxygen atoms in total. The summed E-state index contributed by atoms with van der Waals surface area (Å²) in [6.45, 7) is 17.8. The van der Waals surface area contributed by atoms with Crippen LogP contribution in [0.15, 0.2) is 34.9 Å². The van der Waals surface area contributed by atoms with Crippen LogP contribution < -0.4 is 0 Å². The first kappa shape index (κ1) is 29.9. The fourth-order valence-electron chi connectivity index (χ4n) is 6.42. The van der Waals surface area contributed by atoms with Crippen molar-refractivity contribution in [2.75, 3.05) is 6.61 Å². The lowest BCUT2D eigenvalue weighted by atomic mass is 9.49. The number of Topliss-reactive ketones (excluding diaryl/α,β-unsaturated/α-hetero) is 1. The van der Waals surface area contributed by atoms with Crippen molar-refractivity contribution in [3.05, 3.63) is 34.9 Å². The minimum Gasteiger partial charge on any atom is -0.392 e. The second-order valence-corrected chi connectivity index (χ2v) is 11.0. The molecule has 2 aliphatic rings. The molecule has 190 valence electrons. The third-order valence-corrected chi connectivity index (χ3v) is 8.62. The Morgan fingerprint density at radius 1 is 0.939 bits per heavy atom. The van der Waals surface area contributed by atoms with E-state index in [0.717, 1.165) is 55.9 Å². The van der Waals surface area contributed by atoms with Crippen LogP contribution in [-0.4, -0.2) is 17.5 Å². The third kappa shape index (κ3) is 8.85. The summed E-state index contributed by atoms with van der Waals surface area (Å²) in [6, 6.07) is 0. The molecule has 0 heterocycles. The second kappa shape index (κ2) is 15.0. The zero-order valence-electron chi connectivity index (χ0n) is 23.2. The predicted molar refractivity (Wildman–Crippen MR) is 144 cm³/mol. The van der Waals surface area contributed by atoms with E-state index in [2.05, 4.69) is 52.8 Å². The molecule has 0 radical (unpaired) electrons. The molecule has 2 heteroatoms. The minimum atomic E-state index is 0.170. The molecule has 0 saturated heterocycles. The number of ketones is 1. The number of allylic oxidation sites excluding steroid dienone is 5. The third-order valence-electron chi connectivity index (χ3n) is 8.62. The molecule has 2 aliphatic carbocycles. The van der Waals surface area contributed by atoms with Gasteiger partial charge in [0.25, 0.3) is 0 Å². The largest absolute Gasteiger partial charge is 0.392 e. The monoisotopic (exact) mass is 458 g/mol. The fraction of sp³-hybridized carbons (Fsp3) is 0.774. The van der Waals surface area contributed by atoms with Gasteiger partial charge >= 0.3 is 0 Å². The topological polar surface area (TPSA) is 37.3 Å². The van der Waals surface area contributed by atoms with Crippen LogP contribution in [-0.2, 0) is 4.79 Å². The van der Waals surface area contributed by atoms with E-state index < -0.39 is 0 Å². The van der Waals surface area contributed by atoms with E-state index in [1.165, 1.54) is 36.8 Å². The molecular formula is C31H54O2. The van der Waals surface area contributed by atoms with Crippen LogP contribution in [0, 0.1) is 29.1 Å². The highest BCUT2D eigenvalue weighted by molar-refractivity contribution is 5.82. The summed E-state index contributed by atoms with van der Waals surface area (Å²) < 4.78 is 0. The van der Waals surface area contributed by atoms with Gasteiger partial charge in [0.05, 0.1) is 6.61 Å². The summed E-state index contributed by atoms with van der Waals surface area (Å²) in [4.78, 5) is 12.3. The average molecular weight is 459 g/mol. The average Bonchev–Trinajstić information content (AvgIpc) is 2.79. The van der Waals surface area contributed by atoms with Gasteiger partial charge in [-0.05, 0) is 95.3 Å². The Hall–Kier alpha value is -1.15. The van der Waals surface area contributed by atoms with E-state index in [1.807, 2.05) is 20.8 Å². The Bertz CT molecular complexity index is 683. The van der Waals surface area contributed by atoms with Crippen molar-refractivity contribution in [1.82, 2.24) is 0 Å². The number of hydrogen-bond acceptors (Lipinski definition) is 2. The van der Waals surface area contributed by atoms with Crippen molar-refractivity contribution in [2.24, 2.45) is 29.1 Å². The first-order valence-corrected chi connectivity index (χ1v) is 13.8. The smallest absolute Gasteiger partial charge is 0.136 e. The van der Waals surface area contributed by atoms with Crippen LogP contribution in [0.3, 0.4) is 0 Å². The van der Waals surface area contributed by atoms with Gasteiger partial charge in [-0.1, -0.05) is 76.0 Å². The van der Waals surface area contributed by atoms with Crippen LogP contribution >= 0.6 is 0 Å². The first-order valence-electron chi connectivity index (χ1n) is 13.8. The lowest BCUT2D eigenvalue weighted by Crippen LogP contribution is -2.50. The molecule has 2 unspecified atom stereocenters. The molecule has 0 spiro atoms. The van der Waals surface area contributed by atoms with Crippen LogP contribution in [0.25, 0.3) is 0 Å². The van der Waals surface area contributed by atoms with Crippen molar-refractivity contribution < 1.29 is 9.90 Å². The van der Waals surface area contributed by atoms with E-state index in [0.29, 0.717) is 17.1 Å². The number of fused-ring (bicyclic) bond motifs is 1. The zero-order valence-corrected chi connectivity index (χ0v) is 23.2. The maximum Gasteiger partial charge on any atom is 0.136 e. The maximum atomic E-state index is 12.3. The molecule has 0 bridgehead atoms. The summed E-state index contributed by atoms with van der Waals surface area (Å²) in [7, 11) is 0. The maximum absolute atomic E-state index is 12.3. The molecular weight excluding hydrogens is 404 g/mol. The van der Waals surface area contributed by atoms with Crippen molar-refractivity contribution in [3.8, 4) is 0 Å². The normalized spacial score (nSPS) is 31.1. The Morgan fingerprint density at radius 3 is 2.06 bits per heavy atom. The quantitative estimate of drug-likeness (QED) is 0.332. The highest BCUT2D eigenvalue weighted by atomic mass is 16.3. The molecule has 2 rings (SSSR count). The lowest BCUT2D eigenvalue weighted by molar-refractivity contribution is -0.138. The van der Waals surface area contributed by atoms with Crippen LogP contribution in [0.1, 0.15) is 120 Å². The zero-order chi connectivity index (χ0) is 25.0. The van der Waals surface area contributed by atoms with Crippen molar-refractivity contribution in [1.29, 1.82) is 0 Å². The molecule has 5 atom stereocenters. The van der Waals surface area contributed by atoms with Gasteiger partial charge in [0.1, 0.15) is 5.78 Å². The van der Waals surface area contributed by atoms with Gasteiger partial charge in [-0.15, -0.1) is 0 Å². The van der Waals surface area contributed by atoms with Gasteiger partial charge in [0, 0.05) is 12.3 Å². The number of carbonyl (C=O) groups excluding carboxylic acids is 1. The van der Waals surface area contributed by atoms with E-state index in [4.69, 9.17) is 5.11 Å². The highest BCUT2D eigenvalue weighted by Crippen LogP contribution is 2.57. The van der Waals surface area contributed by atoms with E-state index >= 15 is 0 Å². The molecule has 0 aromatic heterocycles. The summed E-state index contributed by atoms with van der Waals surface area (Å²) in [5, 5.41) is 9.06. The molecule has 0 aliphatic heterocycles. The molecule has 2 fully saturated rings. The number of rotatable bonds is 10. The standard InChI is InChI=1S/C29H48O2.C2H6/c1-21(12-8-14-23(3)20-30)10-7-11-22(2)13-9-15-26-24(4)16-17-27-25(5)28(31)18-19-29(26,27)6;1-2/h10,13-14,24-27,30H,7-9,11-12,15-20H2,1-6H3;1-2H3/b21-10+,22-13+,23-14+;/t24-,25?,26-,27?,29+;/m0./s1. The first-order chi connectivity index (χ1) is 15.7. The lowest BCUT2D eigenvalue weighted by Gasteiger charge is -2.55. The van der Waals surface area contributed by atoms with Gasteiger partial charge in [0.2, 0.25) is 0 Å². The summed E-state index contributed by atoms with van der Waals surface area (Å²) in [5.41, 5.74) is 4.38. The van der Waals surface area contributed by atoms with E-state index in [1.54, 1.807) is 0 Å². The summed E-state index contributed by atoms with van der Waals surface area (Å²) in [6.07, 6.45) is 18.3. The second-order valence-electron chi connectivity index (χ2n) is 11.0. The van der Waals surface area contributed by atoms with Gasteiger partial charge in [-0.3, -0.25) is 4.79 Å². The van der Waals surface area contributed by atoms with Gasteiger partial charge in [-0.2, -0.15) is 0 Å². The number of aliphatic hydroxyl groups excluding tert-OH is 1. The Balaban J connectivity index is 0.00000265. The summed E-state index contributed by atoms with van der Waals surface area (Å²) >= 11 is 0. The van der Waals surface area contributed by atoms with E-state index in [9.17, 15) is 4.79 Å². The Labute approximate surface area is 206 Å². The van der Waals surface area contributed by atoms with Gasteiger partial charge in [0.15, 0.2) is 0 Å². The molecule has 33 heavy (non-hydrogen) atoms. The van der Waals surface area contributed by atoms with Gasteiger partial charge in [-0.25, -0.2) is 0 Å². The Morgan fingerprint density at radius 2 is 1.48 bits per heavy atom. The van der Waals surface area contributed by atoms with E-state index in [-0.39, 0.29) is 12.5 Å². The minimum absolute atomic E-state index is 0.170. The van der Waals surface area contributed by atoms with Crippen molar-refractivity contribution in [2.45, 2.75) is 120 Å².